The molecule has 0 bridgehead atoms. The molecule has 8 unspecified atom stereocenters. The van der Waals surface area contributed by atoms with Crippen molar-refractivity contribution in [3.63, 3.8) is 0 Å². The SMILES string of the molecule is CCC1CCC(O)(O)CC1.CNC(=O)CCC(C)C1CCC2C3CCC4CC(O)(O)CCC4(C)C3CCC12C. The fourth-order valence-electron chi connectivity index (χ4n) is 10.4. The lowest BCUT2D eigenvalue weighted by Gasteiger charge is -2.61. The molecular formula is C33H59NO5. The first-order valence-corrected chi connectivity index (χ1v) is 16.3. The highest BCUT2D eigenvalue weighted by Gasteiger charge is 2.61. The minimum atomic E-state index is -1.43. The largest absolute Gasteiger partial charge is 0.366 e. The second-order valence-corrected chi connectivity index (χ2v) is 15.1. The van der Waals surface area contributed by atoms with Crippen LogP contribution in [0.25, 0.3) is 0 Å². The third-order valence-electron chi connectivity index (χ3n) is 13.1. The number of hydrogen-bond acceptors (Lipinski definition) is 5. The van der Waals surface area contributed by atoms with Gasteiger partial charge in [0.05, 0.1) is 0 Å². The molecule has 0 aromatic rings. The standard InChI is InChI=1S/C25H43NO3.C8H16O2/c1-16(5-10-22(27)26-4)19-8-9-20-18-7-6-17-15-25(28,29)14-13-23(17,2)21(18)11-12-24(19,20)3;1-2-7-3-5-8(9,10)6-4-7/h16-21,28-29H,5-15H2,1-4H3,(H,26,27);7,9-10H,2-6H2,1H3. The van der Waals surface area contributed by atoms with Crippen molar-refractivity contribution in [1.82, 2.24) is 5.32 Å². The molecule has 5 saturated carbocycles. The zero-order valence-electron chi connectivity index (χ0n) is 25.6. The third kappa shape index (κ3) is 6.54. The molecule has 226 valence electrons. The smallest absolute Gasteiger partial charge is 0.219 e. The summed E-state index contributed by atoms with van der Waals surface area (Å²) < 4.78 is 0. The van der Waals surface area contributed by atoms with Crippen LogP contribution >= 0.6 is 0 Å². The van der Waals surface area contributed by atoms with Gasteiger partial charge in [-0.15, -0.1) is 0 Å². The number of aliphatic hydroxyl groups is 4. The van der Waals surface area contributed by atoms with E-state index >= 15 is 0 Å². The maximum Gasteiger partial charge on any atom is 0.219 e. The van der Waals surface area contributed by atoms with E-state index in [1.54, 1.807) is 7.05 Å². The Morgan fingerprint density at radius 2 is 1.49 bits per heavy atom. The minimum absolute atomic E-state index is 0.174. The maximum atomic E-state index is 11.7. The molecule has 5 aliphatic carbocycles. The predicted octanol–water partition coefficient (Wildman–Crippen LogP) is 5.76. The Bertz CT molecular complexity index is 834. The molecule has 5 fully saturated rings. The van der Waals surface area contributed by atoms with Crippen LogP contribution in [0.1, 0.15) is 130 Å². The van der Waals surface area contributed by atoms with E-state index < -0.39 is 11.6 Å². The van der Waals surface area contributed by atoms with E-state index in [1.165, 1.54) is 44.9 Å². The molecule has 0 aliphatic heterocycles. The Labute approximate surface area is 237 Å². The Balaban J connectivity index is 0.000000298. The van der Waals surface area contributed by atoms with Gasteiger partial charge >= 0.3 is 0 Å². The summed E-state index contributed by atoms with van der Waals surface area (Å²) in [5, 5.41) is 41.6. The van der Waals surface area contributed by atoms with Gasteiger partial charge in [0.1, 0.15) is 0 Å². The van der Waals surface area contributed by atoms with Gasteiger partial charge in [-0.2, -0.15) is 0 Å². The van der Waals surface area contributed by atoms with Gasteiger partial charge in [0.25, 0.3) is 0 Å². The van der Waals surface area contributed by atoms with Gasteiger partial charge in [-0.1, -0.05) is 34.1 Å². The molecule has 6 heteroatoms. The summed E-state index contributed by atoms with van der Waals surface area (Å²) >= 11 is 0. The highest BCUT2D eigenvalue weighted by molar-refractivity contribution is 5.75. The van der Waals surface area contributed by atoms with E-state index in [-0.39, 0.29) is 5.91 Å². The van der Waals surface area contributed by atoms with Crippen LogP contribution in [0.5, 0.6) is 0 Å². The molecule has 0 saturated heterocycles. The zero-order valence-corrected chi connectivity index (χ0v) is 25.6. The van der Waals surface area contributed by atoms with Crippen molar-refractivity contribution in [1.29, 1.82) is 0 Å². The van der Waals surface area contributed by atoms with Crippen LogP contribution in [0.2, 0.25) is 0 Å². The monoisotopic (exact) mass is 549 g/mol. The molecule has 5 rings (SSSR count). The Kier molecular flexibility index (Phi) is 9.53. The van der Waals surface area contributed by atoms with Crippen molar-refractivity contribution in [2.75, 3.05) is 7.05 Å². The van der Waals surface area contributed by atoms with Crippen molar-refractivity contribution in [3.8, 4) is 0 Å². The van der Waals surface area contributed by atoms with Gasteiger partial charge in [-0.3, -0.25) is 4.79 Å². The van der Waals surface area contributed by atoms with Crippen LogP contribution in [-0.4, -0.2) is 45.0 Å². The maximum absolute atomic E-state index is 11.7. The van der Waals surface area contributed by atoms with Gasteiger partial charge < -0.3 is 25.7 Å². The molecule has 0 heterocycles. The van der Waals surface area contributed by atoms with Crippen molar-refractivity contribution < 1.29 is 25.2 Å². The molecule has 0 aromatic heterocycles. The van der Waals surface area contributed by atoms with Crippen LogP contribution in [0.4, 0.5) is 0 Å². The Morgan fingerprint density at radius 3 is 2.13 bits per heavy atom. The molecule has 5 aliphatic rings. The molecule has 5 N–H and O–H groups in total. The van der Waals surface area contributed by atoms with Crippen LogP contribution < -0.4 is 5.32 Å². The first-order chi connectivity index (χ1) is 18.2. The molecule has 1 amide bonds. The first-order valence-electron chi connectivity index (χ1n) is 16.3. The van der Waals surface area contributed by atoms with Gasteiger partial charge in [-0.05, 0) is 116 Å². The summed E-state index contributed by atoms with van der Waals surface area (Å²) in [6.07, 6.45) is 15.8. The van der Waals surface area contributed by atoms with Crippen LogP contribution in [-0.2, 0) is 4.79 Å². The highest BCUT2D eigenvalue weighted by atomic mass is 16.5. The highest BCUT2D eigenvalue weighted by Crippen LogP contribution is 2.68. The molecule has 0 aromatic carbocycles. The predicted molar refractivity (Wildman–Crippen MR) is 154 cm³/mol. The summed E-state index contributed by atoms with van der Waals surface area (Å²) in [4.78, 5) is 11.7. The molecule has 0 spiro atoms. The van der Waals surface area contributed by atoms with E-state index in [1.807, 2.05) is 0 Å². The van der Waals surface area contributed by atoms with Crippen molar-refractivity contribution >= 4 is 5.91 Å². The van der Waals surface area contributed by atoms with Gasteiger partial charge in [-0.25, -0.2) is 0 Å². The Morgan fingerprint density at radius 1 is 0.821 bits per heavy atom. The first kappa shape index (κ1) is 31.3. The molecule has 6 nitrogen and oxygen atoms in total. The van der Waals surface area contributed by atoms with E-state index in [0.717, 1.165) is 55.3 Å². The topological polar surface area (TPSA) is 110 Å². The van der Waals surface area contributed by atoms with Crippen LogP contribution in [0.3, 0.4) is 0 Å². The van der Waals surface area contributed by atoms with Crippen molar-refractivity contribution in [2.45, 2.75) is 142 Å². The van der Waals surface area contributed by atoms with Gasteiger partial charge in [0, 0.05) is 39.2 Å². The van der Waals surface area contributed by atoms with E-state index in [0.29, 0.717) is 54.8 Å². The number of carbonyl (C=O) groups excluding carboxylic acids is 1. The number of fused-ring (bicyclic) bond motifs is 5. The zero-order chi connectivity index (χ0) is 28.6. The van der Waals surface area contributed by atoms with Crippen LogP contribution in [0, 0.1) is 52.3 Å². The molecule has 0 radical (unpaired) electrons. The Hall–Kier alpha value is -0.690. The lowest BCUT2D eigenvalue weighted by molar-refractivity contribution is -0.233. The summed E-state index contributed by atoms with van der Waals surface area (Å²) in [7, 11) is 1.74. The summed E-state index contributed by atoms with van der Waals surface area (Å²) in [6.45, 7) is 9.59. The number of hydrogen-bond donors (Lipinski definition) is 5. The molecule has 8 atom stereocenters. The average molecular weight is 550 g/mol. The number of amides is 1. The minimum Gasteiger partial charge on any atom is -0.366 e. The average Bonchev–Trinajstić information content (AvgIpc) is 3.25. The number of nitrogens with one attached hydrogen (secondary N) is 1. The second-order valence-electron chi connectivity index (χ2n) is 15.1. The summed E-state index contributed by atoms with van der Waals surface area (Å²) in [5.74, 6) is 2.36. The van der Waals surface area contributed by atoms with Crippen LogP contribution in [0.15, 0.2) is 0 Å². The molecule has 39 heavy (non-hydrogen) atoms. The van der Waals surface area contributed by atoms with Crippen molar-refractivity contribution in [3.05, 3.63) is 0 Å². The van der Waals surface area contributed by atoms with E-state index in [4.69, 9.17) is 10.2 Å². The second kappa shape index (κ2) is 11.9. The van der Waals surface area contributed by atoms with Crippen molar-refractivity contribution in [2.24, 2.45) is 52.3 Å². The lowest BCUT2D eigenvalue weighted by atomic mass is 9.44. The van der Waals surface area contributed by atoms with E-state index in [2.05, 4.69) is 33.0 Å². The summed E-state index contributed by atoms with van der Waals surface area (Å²) in [5.41, 5.74) is 0.723. The fourth-order valence-corrected chi connectivity index (χ4v) is 10.4. The van der Waals surface area contributed by atoms with Gasteiger partial charge in [0.15, 0.2) is 11.6 Å². The fraction of sp³-hybridized carbons (Fsp3) is 0.970. The number of carbonyl (C=O) groups is 1. The van der Waals surface area contributed by atoms with Gasteiger partial charge in [0.2, 0.25) is 5.91 Å². The molecular weight excluding hydrogens is 490 g/mol. The quantitative estimate of drug-likeness (QED) is 0.280. The summed E-state index contributed by atoms with van der Waals surface area (Å²) in [6, 6.07) is 0. The lowest BCUT2D eigenvalue weighted by Crippen LogP contribution is -2.56. The third-order valence-corrected chi connectivity index (χ3v) is 13.1. The normalized spacial score (nSPS) is 41.7. The number of rotatable bonds is 5. The van der Waals surface area contributed by atoms with E-state index in [9.17, 15) is 15.0 Å².